The van der Waals surface area contributed by atoms with E-state index in [0.29, 0.717) is 6.54 Å². The molecule has 0 aliphatic carbocycles. The number of hydrogen-bond donors (Lipinski definition) is 1. The summed E-state index contributed by atoms with van der Waals surface area (Å²) in [5, 5.41) is 10.7. The lowest BCUT2D eigenvalue weighted by Gasteiger charge is -2.37. The highest BCUT2D eigenvalue weighted by Crippen LogP contribution is 2.21. The van der Waals surface area contributed by atoms with Gasteiger partial charge < -0.3 is 14.7 Å². The Morgan fingerprint density at radius 1 is 1.12 bits per heavy atom. The maximum absolute atomic E-state index is 10.7. The monoisotopic (exact) mass is 332 g/mol. The smallest absolute Gasteiger partial charge is 0.0919 e. The number of aliphatic hydroxyl groups is 1. The van der Waals surface area contributed by atoms with Gasteiger partial charge in [-0.3, -0.25) is 4.90 Å². The molecule has 2 fully saturated rings. The third kappa shape index (κ3) is 4.79. The van der Waals surface area contributed by atoms with Gasteiger partial charge in [0.05, 0.1) is 18.8 Å². The first-order valence-electron chi connectivity index (χ1n) is 9.43. The molecule has 1 aromatic rings. The van der Waals surface area contributed by atoms with Gasteiger partial charge in [-0.1, -0.05) is 30.2 Å². The zero-order valence-electron chi connectivity index (χ0n) is 15.2. The molecule has 0 amide bonds. The van der Waals surface area contributed by atoms with Crippen LogP contribution in [0.25, 0.3) is 0 Å². The van der Waals surface area contributed by atoms with E-state index in [2.05, 4.69) is 41.8 Å². The van der Waals surface area contributed by atoms with Gasteiger partial charge >= 0.3 is 0 Å². The molecule has 1 N–H and O–H groups in total. The van der Waals surface area contributed by atoms with Gasteiger partial charge in [-0.2, -0.15) is 0 Å². The van der Waals surface area contributed by atoms with Crippen LogP contribution in [0.15, 0.2) is 18.2 Å². The summed E-state index contributed by atoms with van der Waals surface area (Å²) < 4.78 is 5.98. The van der Waals surface area contributed by atoms with Crippen molar-refractivity contribution in [2.75, 3.05) is 45.9 Å². The molecule has 0 radical (unpaired) electrons. The van der Waals surface area contributed by atoms with E-state index < -0.39 is 6.10 Å². The SMILES string of the molecule is Cc1ccc(C)c([C@H](O)CN2CCO[C@H](CN3CCCCC3)C2)c1. The first kappa shape index (κ1) is 17.9. The predicted molar refractivity (Wildman–Crippen MR) is 97.3 cm³/mol. The molecule has 0 spiro atoms. The van der Waals surface area contributed by atoms with E-state index in [9.17, 15) is 5.11 Å². The number of aryl methyl sites for hydroxylation is 2. The van der Waals surface area contributed by atoms with Gasteiger partial charge in [-0.05, 0) is 50.9 Å². The standard InChI is InChI=1S/C20H32N2O2/c1-16-6-7-17(2)19(12-16)20(23)15-22-10-11-24-18(14-22)13-21-8-4-3-5-9-21/h6-7,12,18,20,23H,3-5,8-11,13-15H2,1-2H3/t18-,20-/m1/s1. The molecular weight excluding hydrogens is 300 g/mol. The Hall–Kier alpha value is -0.940. The highest BCUT2D eigenvalue weighted by Gasteiger charge is 2.25. The number of β-amino-alcohol motifs (C(OH)–C–C–N with tert-alkyl or cyclic N) is 1. The molecule has 4 nitrogen and oxygen atoms in total. The molecule has 0 saturated carbocycles. The Kier molecular flexibility index (Phi) is 6.28. The molecule has 0 unspecified atom stereocenters. The van der Waals surface area contributed by atoms with Crippen LogP contribution in [-0.2, 0) is 4.74 Å². The maximum Gasteiger partial charge on any atom is 0.0919 e. The number of hydrogen-bond acceptors (Lipinski definition) is 4. The molecule has 3 rings (SSSR count). The van der Waals surface area contributed by atoms with E-state index in [1.54, 1.807) is 0 Å². The number of nitrogens with zero attached hydrogens (tertiary/aromatic N) is 2. The van der Waals surface area contributed by atoms with Crippen LogP contribution in [0.1, 0.15) is 42.1 Å². The zero-order valence-corrected chi connectivity index (χ0v) is 15.2. The van der Waals surface area contributed by atoms with Gasteiger partial charge in [0.15, 0.2) is 0 Å². The molecule has 4 heteroatoms. The van der Waals surface area contributed by atoms with Crippen molar-refractivity contribution >= 4 is 0 Å². The summed E-state index contributed by atoms with van der Waals surface area (Å²) in [5.74, 6) is 0. The van der Waals surface area contributed by atoms with Crippen LogP contribution in [0.3, 0.4) is 0 Å². The highest BCUT2D eigenvalue weighted by atomic mass is 16.5. The fourth-order valence-corrected chi connectivity index (χ4v) is 3.95. The lowest BCUT2D eigenvalue weighted by Crippen LogP contribution is -2.49. The molecule has 1 aromatic carbocycles. The Morgan fingerprint density at radius 3 is 2.71 bits per heavy atom. The number of morpholine rings is 1. The van der Waals surface area contributed by atoms with Crippen molar-refractivity contribution < 1.29 is 9.84 Å². The van der Waals surface area contributed by atoms with Gasteiger partial charge in [0, 0.05) is 26.2 Å². The van der Waals surface area contributed by atoms with Crippen LogP contribution in [0.5, 0.6) is 0 Å². The molecule has 134 valence electrons. The molecule has 24 heavy (non-hydrogen) atoms. The van der Waals surface area contributed by atoms with Crippen LogP contribution in [0.4, 0.5) is 0 Å². The van der Waals surface area contributed by atoms with Crippen LogP contribution in [-0.4, -0.2) is 66.9 Å². The topological polar surface area (TPSA) is 35.9 Å². The lowest BCUT2D eigenvalue weighted by molar-refractivity contribution is -0.0550. The molecule has 2 saturated heterocycles. The van der Waals surface area contributed by atoms with Crippen molar-refractivity contribution in [3.05, 3.63) is 34.9 Å². The Balaban J connectivity index is 1.53. The van der Waals surface area contributed by atoms with Crippen LogP contribution in [0, 0.1) is 13.8 Å². The van der Waals surface area contributed by atoms with Crippen LogP contribution < -0.4 is 0 Å². The van der Waals surface area contributed by atoms with E-state index in [0.717, 1.165) is 31.8 Å². The predicted octanol–water partition coefficient (Wildman–Crippen LogP) is 2.52. The number of benzene rings is 1. The van der Waals surface area contributed by atoms with Gasteiger partial charge in [0.25, 0.3) is 0 Å². The summed E-state index contributed by atoms with van der Waals surface area (Å²) in [5.41, 5.74) is 3.44. The fourth-order valence-electron chi connectivity index (χ4n) is 3.95. The quantitative estimate of drug-likeness (QED) is 0.899. The lowest BCUT2D eigenvalue weighted by atomic mass is 10.00. The Bertz CT molecular complexity index is 528. The van der Waals surface area contributed by atoms with Gasteiger partial charge in [0.2, 0.25) is 0 Å². The average Bonchev–Trinajstić information content (AvgIpc) is 2.58. The summed E-state index contributed by atoms with van der Waals surface area (Å²) in [4.78, 5) is 4.91. The first-order chi connectivity index (χ1) is 11.6. The Morgan fingerprint density at radius 2 is 1.92 bits per heavy atom. The largest absolute Gasteiger partial charge is 0.387 e. The minimum absolute atomic E-state index is 0.280. The minimum Gasteiger partial charge on any atom is -0.387 e. The number of rotatable bonds is 5. The van der Waals surface area contributed by atoms with E-state index in [4.69, 9.17) is 4.74 Å². The van der Waals surface area contributed by atoms with Crippen molar-refractivity contribution in [2.24, 2.45) is 0 Å². The van der Waals surface area contributed by atoms with E-state index in [1.165, 1.54) is 43.5 Å². The second-order valence-electron chi connectivity index (χ2n) is 7.49. The summed E-state index contributed by atoms with van der Waals surface area (Å²) in [6.07, 6.45) is 3.88. The zero-order chi connectivity index (χ0) is 16.9. The van der Waals surface area contributed by atoms with Crippen molar-refractivity contribution in [1.82, 2.24) is 9.80 Å². The molecular formula is C20H32N2O2. The summed E-state index contributed by atoms with van der Waals surface area (Å²) in [7, 11) is 0. The van der Waals surface area contributed by atoms with E-state index in [1.807, 2.05) is 0 Å². The second-order valence-corrected chi connectivity index (χ2v) is 7.49. The molecule has 0 bridgehead atoms. The number of likely N-dealkylation sites (tertiary alicyclic amines) is 1. The minimum atomic E-state index is -0.418. The Labute approximate surface area is 146 Å². The number of aliphatic hydroxyl groups excluding tert-OH is 1. The molecule has 2 aliphatic heterocycles. The third-order valence-electron chi connectivity index (χ3n) is 5.36. The van der Waals surface area contributed by atoms with Gasteiger partial charge in [-0.25, -0.2) is 0 Å². The van der Waals surface area contributed by atoms with Gasteiger partial charge in [-0.15, -0.1) is 0 Å². The molecule has 0 aromatic heterocycles. The van der Waals surface area contributed by atoms with Gasteiger partial charge in [0.1, 0.15) is 0 Å². The van der Waals surface area contributed by atoms with Crippen LogP contribution >= 0.6 is 0 Å². The maximum atomic E-state index is 10.7. The van der Waals surface area contributed by atoms with Crippen LogP contribution in [0.2, 0.25) is 0 Å². The number of ether oxygens (including phenoxy) is 1. The molecule has 2 atom stereocenters. The second kappa shape index (κ2) is 8.43. The van der Waals surface area contributed by atoms with Crippen molar-refractivity contribution in [2.45, 2.75) is 45.3 Å². The summed E-state index contributed by atoms with van der Waals surface area (Å²) in [6, 6.07) is 6.33. The normalized spacial score (nSPS) is 24.9. The average molecular weight is 332 g/mol. The summed E-state index contributed by atoms with van der Waals surface area (Å²) in [6.45, 7) is 10.9. The van der Waals surface area contributed by atoms with Crippen molar-refractivity contribution in [3.63, 3.8) is 0 Å². The number of piperidine rings is 1. The molecule has 2 heterocycles. The van der Waals surface area contributed by atoms with Crippen molar-refractivity contribution in [1.29, 1.82) is 0 Å². The summed E-state index contributed by atoms with van der Waals surface area (Å²) >= 11 is 0. The molecule has 2 aliphatic rings. The van der Waals surface area contributed by atoms with Crippen molar-refractivity contribution in [3.8, 4) is 0 Å². The van der Waals surface area contributed by atoms with E-state index >= 15 is 0 Å². The van der Waals surface area contributed by atoms with E-state index in [-0.39, 0.29) is 6.10 Å². The highest BCUT2D eigenvalue weighted by molar-refractivity contribution is 5.32. The first-order valence-corrected chi connectivity index (χ1v) is 9.43. The fraction of sp³-hybridized carbons (Fsp3) is 0.700. The third-order valence-corrected chi connectivity index (χ3v) is 5.36.